The lowest BCUT2D eigenvalue weighted by Crippen LogP contribution is -2.31. The lowest BCUT2D eigenvalue weighted by Gasteiger charge is -2.17. The number of fused-ring (bicyclic) bond motifs is 3. The number of aromatic nitrogens is 2. The lowest BCUT2D eigenvalue weighted by atomic mass is 9.95. The smallest absolute Gasteiger partial charge is 0.273 e. The Hall–Kier alpha value is -2.58. The first-order valence-corrected chi connectivity index (χ1v) is 11.4. The largest absolute Gasteiger partial charge is 0.335 e. The molecule has 0 radical (unpaired) electrons. The van der Waals surface area contributed by atoms with Crippen LogP contribution in [0.2, 0.25) is 0 Å². The lowest BCUT2D eigenvalue weighted by molar-refractivity contribution is 0.0785. The molecule has 142 valence electrons. The summed E-state index contributed by atoms with van der Waals surface area (Å²) in [5, 5.41) is 1.97. The minimum Gasteiger partial charge on any atom is -0.335 e. The Labute approximate surface area is 166 Å². The predicted molar refractivity (Wildman–Crippen MR) is 106 cm³/mol. The first kappa shape index (κ1) is 17.5. The van der Waals surface area contributed by atoms with Gasteiger partial charge in [-0.05, 0) is 47.9 Å². The van der Waals surface area contributed by atoms with Gasteiger partial charge in [0.15, 0.2) is 9.84 Å². The van der Waals surface area contributed by atoms with E-state index < -0.39 is 15.1 Å². The van der Waals surface area contributed by atoms with Gasteiger partial charge in [0.2, 0.25) is 0 Å². The van der Waals surface area contributed by atoms with Gasteiger partial charge < -0.3 is 4.90 Å². The van der Waals surface area contributed by atoms with Crippen LogP contribution in [0.3, 0.4) is 0 Å². The number of carbonyl (C=O) groups excluding carboxylic acids is 1. The van der Waals surface area contributed by atoms with E-state index in [0.29, 0.717) is 17.1 Å². The predicted octanol–water partition coefficient (Wildman–Crippen LogP) is 2.91. The topological polar surface area (TPSA) is 80.2 Å². The average Bonchev–Trinajstić information content (AvgIpc) is 3.38. The second kappa shape index (κ2) is 6.22. The molecule has 1 aromatic carbocycles. The van der Waals surface area contributed by atoms with Gasteiger partial charge in [0.25, 0.3) is 5.91 Å². The van der Waals surface area contributed by atoms with E-state index in [9.17, 15) is 13.2 Å². The van der Waals surface area contributed by atoms with Crippen LogP contribution in [0.1, 0.15) is 27.0 Å². The van der Waals surface area contributed by atoms with Gasteiger partial charge in [-0.2, -0.15) is 0 Å². The molecule has 2 aromatic heterocycles. The van der Waals surface area contributed by atoms with E-state index in [1.165, 1.54) is 11.3 Å². The zero-order chi connectivity index (χ0) is 19.5. The van der Waals surface area contributed by atoms with Crippen molar-refractivity contribution in [3.8, 4) is 11.1 Å². The van der Waals surface area contributed by atoms with E-state index >= 15 is 0 Å². The number of nitrogens with zero attached hydrogens (tertiary/aromatic N) is 3. The number of likely N-dealkylation sites (tertiary alicyclic amines) is 1. The molecule has 2 aliphatic rings. The maximum absolute atomic E-state index is 13.1. The van der Waals surface area contributed by atoms with Crippen molar-refractivity contribution in [2.45, 2.75) is 23.0 Å². The highest BCUT2D eigenvalue weighted by molar-refractivity contribution is 7.92. The highest BCUT2D eigenvalue weighted by Gasteiger charge is 2.51. The Morgan fingerprint density at radius 3 is 2.64 bits per heavy atom. The molecule has 0 saturated carbocycles. The molecular formula is C20H17N3O3S2. The molecule has 4 heterocycles. The number of benzene rings is 1. The molecular weight excluding hydrogens is 394 g/mol. The van der Waals surface area contributed by atoms with Crippen LogP contribution in [-0.2, 0) is 9.84 Å². The Morgan fingerprint density at radius 1 is 1.14 bits per heavy atom. The first-order chi connectivity index (χ1) is 13.4. The van der Waals surface area contributed by atoms with E-state index in [1.807, 2.05) is 31.2 Å². The van der Waals surface area contributed by atoms with E-state index in [0.717, 1.165) is 21.7 Å². The summed E-state index contributed by atoms with van der Waals surface area (Å²) in [5.41, 5.74) is 3.15. The zero-order valence-corrected chi connectivity index (χ0v) is 16.7. The number of pyridine rings is 1. The molecule has 6 nitrogen and oxygen atoms in total. The molecule has 0 aliphatic carbocycles. The summed E-state index contributed by atoms with van der Waals surface area (Å²) in [5.74, 6) is -0.397. The number of aryl methyl sites for hydroxylation is 1. The standard InChI is InChI=1S/C20H17N3O3S2/c1-12-22-17(11-27-12)20(24)23-9-16-15-8-14(13-4-6-21-7-5-13)2-3-18(15)28(25,26)19(16)10-23/h2-8,11,16,19H,9-10H2,1H3/t16-,19-/m0/s1. The number of sulfone groups is 1. The highest BCUT2D eigenvalue weighted by Crippen LogP contribution is 2.46. The molecule has 28 heavy (non-hydrogen) atoms. The van der Waals surface area contributed by atoms with Gasteiger partial charge in [-0.15, -0.1) is 11.3 Å². The van der Waals surface area contributed by atoms with Gasteiger partial charge in [0.05, 0.1) is 15.2 Å². The van der Waals surface area contributed by atoms with Gasteiger partial charge in [-0.3, -0.25) is 9.78 Å². The van der Waals surface area contributed by atoms with Crippen molar-refractivity contribution in [1.29, 1.82) is 0 Å². The van der Waals surface area contributed by atoms with E-state index in [4.69, 9.17) is 0 Å². The molecule has 0 spiro atoms. The fraction of sp³-hybridized carbons (Fsp3) is 0.250. The van der Waals surface area contributed by atoms with Gasteiger partial charge in [-0.1, -0.05) is 6.07 Å². The van der Waals surface area contributed by atoms with E-state index in [1.54, 1.807) is 28.7 Å². The fourth-order valence-electron chi connectivity index (χ4n) is 4.16. The third kappa shape index (κ3) is 2.59. The normalized spacial score (nSPS) is 22.1. The summed E-state index contributed by atoms with van der Waals surface area (Å²) < 4.78 is 26.1. The Bertz CT molecular complexity index is 1190. The summed E-state index contributed by atoms with van der Waals surface area (Å²) in [6.45, 7) is 2.45. The van der Waals surface area contributed by atoms with E-state index in [2.05, 4.69) is 9.97 Å². The van der Waals surface area contributed by atoms with Crippen molar-refractivity contribution in [2.24, 2.45) is 0 Å². The van der Waals surface area contributed by atoms with Crippen molar-refractivity contribution in [3.05, 3.63) is 64.4 Å². The van der Waals surface area contributed by atoms with Crippen LogP contribution in [0.15, 0.2) is 53.0 Å². The van der Waals surface area contributed by atoms with Crippen LogP contribution in [-0.4, -0.2) is 47.5 Å². The first-order valence-electron chi connectivity index (χ1n) is 8.95. The zero-order valence-electron chi connectivity index (χ0n) is 15.1. The summed E-state index contributed by atoms with van der Waals surface area (Å²) in [6.07, 6.45) is 3.43. The monoisotopic (exact) mass is 411 g/mol. The molecule has 2 atom stereocenters. The minimum atomic E-state index is -3.45. The van der Waals surface area contributed by atoms with Gasteiger partial charge in [0, 0.05) is 36.8 Å². The van der Waals surface area contributed by atoms with Crippen LogP contribution in [0.25, 0.3) is 11.1 Å². The number of hydrogen-bond donors (Lipinski definition) is 0. The Balaban J connectivity index is 1.52. The molecule has 3 aromatic rings. The molecule has 0 unspecified atom stereocenters. The number of amides is 1. The number of rotatable bonds is 2. The minimum absolute atomic E-state index is 0.194. The van der Waals surface area contributed by atoms with Crippen LogP contribution in [0.5, 0.6) is 0 Å². The molecule has 2 aliphatic heterocycles. The number of thiazole rings is 1. The van der Waals surface area contributed by atoms with Crippen molar-refractivity contribution >= 4 is 27.1 Å². The van der Waals surface area contributed by atoms with Gasteiger partial charge in [0.1, 0.15) is 5.69 Å². The quantitative estimate of drug-likeness (QED) is 0.648. The molecule has 1 saturated heterocycles. The maximum atomic E-state index is 13.1. The third-order valence-corrected chi connectivity index (χ3v) is 8.55. The molecule has 1 amide bonds. The molecule has 5 rings (SSSR count). The van der Waals surface area contributed by atoms with Crippen LogP contribution < -0.4 is 0 Å². The molecule has 0 N–H and O–H groups in total. The number of carbonyl (C=O) groups is 1. The van der Waals surface area contributed by atoms with Gasteiger partial charge >= 0.3 is 0 Å². The number of hydrogen-bond acceptors (Lipinski definition) is 6. The summed E-state index contributed by atoms with van der Waals surface area (Å²) in [6, 6.07) is 9.30. The van der Waals surface area contributed by atoms with Crippen molar-refractivity contribution in [1.82, 2.24) is 14.9 Å². The highest BCUT2D eigenvalue weighted by atomic mass is 32.2. The molecule has 1 fully saturated rings. The van der Waals surface area contributed by atoms with Crippen molar-refractivity contribution in [3.63, 3.8) is 0 Å². The Kier molecular flexibility index (Phi) is 3.89. The molecule has 8 heteroatoms. The second-order valence-electron chi connectivity index (χ2n) is 7.14. The molecule has 0 bridgehead atoms. The van der Waals surface area contributed by atoms with Crippen LogP contribution in [0.4, 0.5) is 0 Å². The summed E-state index contributed by atoms with van der Waals surface area (Å²) in [7, 11) is -3.45. The average molecular weight is 412 g/mol. The van der Waals surface area contributed by atoms with Crippen molar-refractivity contribution in [2.75, 3.05) is 13.1 Å². The Morgan fingerprint density at radius 2 is 1.93 bits per heavy atom. The van der Waals surface area contributed by atoms with Crippen molar-refractivity contribution < 1.29 is 13.2 Å². The SMILES string of the molecule is Cc1nc(C(=O)N2C[C@H]3c4cc(-c5ccncc5)ccc4S(=O)(=O)[C@H]3C2)cs1. The fourth-order valence-corrected chi connectivity index (χ4v) is 6.91. The van der Waals surface area contributed by atoms with E-state index in [-0.39, 0.29) is 18.4 Å². The third-order valence-electron chi connectivity index (χ3n) is 5.52. The maximum Gasteiger partial charge on any atom is 0.273 e. The second-order valence-corrected chi connectivity index (χ2v) is 10.3. The summed E-state index contributed by atoms with van der Waals surface area (Å²) >= 11 is 1.42. The van der Waals surface area contributed by atoms with Crippen LogP contribution in [0, 0.1) is 6.92 Å². The van der Waals surface area contributed by atoms with Crippen LogP contribution >= 0.6 is 11.3 Å². The summed E-state index contributed by atoms with van der Waals surface area (Å²) in [4.78, 5) is 23.1. The van der Waals surface area contributed by atoms with Gasteiger partial charge in [-0.25, -0.2) is 13.4 Å².